The van der Waals surface area contributed by atoms with Gasteiger partial charge in [-0.1, -0.05) is 84.8 Å². The van der Waals surface area contributed by atoms with Gasteiger partial charge in [0, 0.05) is 94.5 Å². The molecule has 3 unspecified atom stereocenters. The second-order valence-corrected chi connectivity index (χ2v) is 32.5. The zero-order chi connectivity index (χ0) is 78.2. The minimum absolute atomic E-state index is 0.0150. The van der Waals surface area contributed by atoms with Crippen LogP contribution in [-0.2, 0) is 67.0 Å². The number of alkyl halides is 4. The topological polar surface area (TPSA) is 289 Å². The standard InChI is InChI=1S/C76H122ClF3N12O14/c1-14-22-57-66(96)82-56(39-47(3)4)68(98)90(37-38-105-13)46-64(95)87(10)58-25-17-16-20-36-91(72(58)102)61(41-50-28-26-48(5)27-29-50)71(101)85(8)45-62(93)81-55(33-31-49-30-32-53(54(77)40-49)76(78,79)80)69(99)92-44-52(106-15-2)42-59(92)67(97)83-75(34-21-35-75)74(104)89(12)65(51-23-18-19-24-51)73(103)88(11)60(70(100)84(6)7)43-63(94)86(57)9/h16-17,47-61,65H,14-15,18-46H2,1-13H3,(H,81,93)(H,82,96)(H,83,97)/b17-16-/t48?,49?,50?,52-,53?,54?,55+,56+,57+,58+,59+,60+,61+,65+/m1/s1. The van der Waals surface area contributed by atoms with Crippen LogP contribution in [0.3, 0.4) is 0 Å². The van der Waals surface area contributed by atoms with E-state index >= 15 is 33.6 Å². The lowest BCUT2D eigenvalue weighted by molar-refractivity contribution is -0.182. The summed E-state index contributed by atoms with van der Waals surface area (Å²) in [6.45, 7) is 8.21. The molecular formula is C76H122ClF3N12O14. The first-order valence-electron chi connectivity index (χ1n) is 38.9. The fraction of sp³-hybridized carbons (Fsp3) is 0.816. The number of nitrogens with zero attached hydrogens (tertiary/aromatic N) is 9. The fourth-order valence-corrected chi connectivity index (χ4v) is 17.5. The molecule has 6 fully saturated rings. The molecule has 4 aliphatic carbocycles. The molecule has 4 saturated carbocycles. The van der Waals surface area contributed by atoms with Gasteiger partial charge in [0.1, 0.15) is 53.9 Å². The Bertz CT molecular complexity index is 3110. The summed E-state index contributed by atoms with van der Waals surface area (Å²) in [5.74, 6) is -10.2. The van der Waals surface area contributed by atoms with Gasteiger partial charge in [-0.3, -0.25) is 57.5 Å². The normalized spacial score (nSPS) is 31.2. The average molecular weight is 1520 g/mol. The highest BCUT2D eigenvalue weighted by molar-refractivity contribution is 6.21. The summed E-state index contributed by atoms with van der Waals surface area (Å²) >= 11 is 6.46. The molecule has 26 nitrogen and oxygen atoms in total. The Morgan fingerprint density at radius 1 is 0.698 bits per heavy atom. The number of ether oxygens (including phenoxy) is 2. The quantitative estimate of drug-likeness (QED) is 0.120. The zero-order valence-electron chi connectivity index (χ0n) is 65.1. The van der Waals surface area contributed by atoms with Crippen LogP contribution >= 0.6 is 11.6 Å². The lowest BCUT2D eigenvalue weighted by Gasteiger charge is -2.46. The van der Waals surface area contributed by atoms with Crippen molar-refractivity contribution in [1.82, 2.24) is 60.0 Å². The van der Waals surface area contributed by atoms with E-state index in [1.165, 1.54) is 101 Å². The number of rotatable bonds is 16. The van der Waals surface area contributed by atoms with Gasteiger partial charge in [-0.25, -0.2) is 0 Å². The number of hydrogen-bond donors (Lipinski definition) is 3. The van der Waals surface area contributed by atoms with Gasteiger partial charge in [0.15, 0.2) is 0 Å². The smallest absolute Gasteiger partial charge is 0.383 e. The number of nitrogens with one attached hydrogen (secondary N) is 3. The minimum Gasteiger partial charge on any atom is -0.383 e. The van der Waals surface area contributed by atoms with Gasteiger partial charge in [0.25, 0.3) is 0 Å². The molecule has 0 aromatic heterocycles. The zero-order valence-corrected chi connectivity index (χ0v) is 65.8. The van der Waals surface area contributed by atoms with Gasteiger partial charge in [-0.2, -0.15) is 13.2 Å². The molecule has 3 aliphatic heterocycles. The van der Waals surface area contributed by atoms with Crippen molar-refractivity contribution in [1.29, 1.82) is 0 Å². The van der Waals surface area contributed by atoms with E-state index in [1.54, 1.807) is 13.0 Å². The molecule has 3 N–H and O–H groups in total. The van der Waals surface area contributed by atoms with E-state index in [9.17, 15) is 37.1 Å². The summed E-state index contributed by atoms with van der Waals surface area (Å²) in [5.41, 5.74) is -1.59. The van der Waals surface area contributed by atoms with Crippen LogP contribution in [-0.4, -0.2) is 289 Å². The summed E-state index contributed by atoms with van der Waals surface area (Å²) in [6, 6.07) is -10.2. The van der Waals surface area contributed by atoms with Gasteiger partial charge in [0.05, 0.1) is 38.1 Å². The molecule has 0 aromatic rings. The lowest BCUT2D eigenvalue weighted by atomic mass is 9.74. The maximum atomic E-state index is 15.6. The summed E-state index contributed by atoms with van der Waals surface area (Å²) < 4.78 is 54.0. The Morgan fingerprint density at radius 3 is 1.96 bits per heavy atom. The molecule has 0 radical (unpaired) electrons. The second kappa shape index (κ2) is 39.1. The molecule has 106 heavy (non-hydrogen) atoms. The molecule has 3 heterocycles. The monoisotopic (exact) mass is 1520 g/mol. The van der Waals surface area contributed by atoms with Crippen molar-refractivity contribution in [2.24, 2.45) is 35.5 Å². The van der Waals surface area contributed by atoms with Crippen LogP contribution in [0, 0.1) is 35.5 Å². The Labute approximate surface area is 630 Å². The molecular weight excluding hydrogens is 1400 g/mol. The molecule has 12 amide bonds. The second-order valence-electron chi connectivity index (χ2n) is 32.0. The van der Waals surface area contributed by atoms with Crippen molar-refractivity contribution in [3.8, 4) is 0 Å². The van der Waals surface area contributed by atoms with E-state index < -0.39 is 180 Å². The third kappa shape index (κ3) is 21.9. The van der Waals surface area contributed by atoms with Gasteiger partial charge < -0.3 is 69.5 Å². The first-order valence-corrected chi connectivity index (χ1v) is 39.3. The van der Waals surface area contributed by atoms with Gasteiger partial charge in [0.2, 0.25) is 70.9 Å². The van der Waals surface area contributed by atoms with Crippen molar-refractivity contribution >= 4 is 82.5 Å². The van der Waals surface area contributed by atoms with Crippen LogP contribution in [0.15, 0.2) is 12.2 Å². The number of amides is 12. The Kier molecular flexibility index (Phi) is 32.0. The number of carbonyl (C=O) groups excluding carboxylic acids is 12. The van der Waals surface area contributed by atoms with Crippen LogP contribution in [0.1, 0.15) is 189 Å². The maximum Gasteiger partial charge on any atom is 0.393 e. The van der Waals surface area contributed by atoms with Gasteiger partial charge in [-0.05, 0) is 133 Å². The maximum absolute atomic E-state index is 15.6. The van der Waals surface area contributed by atoms with Crippen LogP contribution in [0.4, 0.5) is 13.2 Å². The van der Waals surface area contributed by atoms with Crippen LogP contribution < -0.4 is 16.0 Å². The number of halogens is 4. The third-order valence-electron chi connectivity index (χ3n) is 23.6. The fourth-order valence-electron chi connectivity index (χ4n) is 17.0. The molecule has 7 aliphatic rings. The van der Waals surface area contributed by atoms with Crippen molar-refractivity contribution in [3.05, 3.63) is 12.2 Å². The first-order chi connectivity index (χ1) is 50.1. The highest BCUT2D eigenvalue weighted by Crippen LogP contribution is 2.44. The number of likely N-dealkylation sites (N-methyl/N-ethyl adjacent to an activating group) is 6. The van der Waals surface area contributed by atoms with Crippen molar-refractivity contribution in [2.45, 2.75) is 260 Å². The highest BCUT2D eigenvalue weighted by atomic mass is 35.5. The molecule has 1 spiro atoms. The average Bonchev–Trinajstić information content (AvgIpc) is 0.994. The third-order valence-corrected chi connectivity index (χ3v) is 24.1. The van der Waals surface area contributed by atoms with Gasteiger partial charge in [-0.15, -0.1) is 11.6 Å². The molecule has 7 rings (SSSR count). The summed E-state index contributed by atoms with van der Waals surface area (Å²) in [5, 5.41) is 7.56. The van der Waals surface area contributed by atoms with Gasteiger partial charge >= 0.3 is 6.18 Å². The van der Waals surface area contributed by atoms with Crippen LogP contribution in [0.5, 0.6) is 0 Å². The Hall–Kier alpha value is -6.62. The molecule has 2 bridgehead atoms. The SMILES string of the molecule is CCC[C@H]1C(=O)N[C@@H](CC(C)C)C(=O)N(CCOC)CC(=O)N(C)[C@H]2C/C=C\CCN(C2=O)[C@@H](CC2CCC(C)CC2)C(=O)N(C)CC(=O)N[C@@H](CCC2CCC(C(F)(F)F)C(Cl)C2)C(=O)N2C[C@H](OCC)C[C@H]2C(=O)NC2(CCC2)C(=O)N(C)[C@@H](C2CCCC2)C(=O)N(C)[C@H](C(=O)N(C)C)CC(=O)N1C. The molecule has 30 heteroatoms. The van der Waals surface area contributed by atoms with Crippen LogP contribution in [0.25, 0.3) is 0 Å². The Morgan fingerprint density at radius 2 is 1.37 bits per heavy atom. The number of hydrogen-bond acceptors (Lipinski definition) is 14. The van der Waals surface area contributed by atoms with E-state index in [4.69, 9.17) is 21.1 Å². The summed E-state index contributed by atoms with van der Waals surface area (Å²) in [4.78, 5) is 194. The largest absolute Gasteiger partial charge is 0.393 e. The van der Waals surface area contributed by atoms with E-state index in [2.05, 4.69) is 22.9 Å². The molecule has 598 valence electrons. The molecule has 0 aromatic carbocycles. The predicted octanol–water partition coefficient (Wildman–Crippen LogP) is 5.90. The molecule has 2 saturated heterocycles. The highest BCUT2D eigenvalue weighted by Gasteiger charge is 2.54. The van der Waals surface area contributed by atoms with E-state index in [0.29, 0.717) is 38.0 Å². The Balaban J connectivity index is 1.32. The minimum atomic E-state index is -4.53. The van der Waals surface area contributed by atoms with Crippen molar-refractivity contribution < 1.29 is 80.2 Å². The van der Waals surface area contributed by atoms with Crippen LogP contribution in [0.2, 0.25) is 0 Å². The summed E-state index contributed by atoms with van der Waals surface area (Å²) in [6.07, 6.45) is 5.44. The first kappa shape index (κ1) is 86.6. The van der Waals surface area contributed by atoms with Crippen molar-refractivity contribution in [3.63, 3.8) is 0 Å². The van der Waals surface area contributed by atoms with E-state index in [-0.39, 0.29) is 122 Å². The number of fused-ring (bicyclic) bond motifs is 3. The molecule has 12 atom stereocenters. The predicted molar refractivity (Wildman–Crippen MR) is 391 cm³/mol. The number of carbonyl (C=O) groups is 12. The summed E-state index contributed by atoms with van der Waals surface area (Å²) in [7, 11) is 11.5. The lowest BCUT2D eigenvalue weighted by Crippen LogP contribution is -2.68. The van der Waals surface area contributed by atoms with E-state index in [0.717, 1.165) is 38.5 Å². The van der Waals surface area contributed by atoms with E-state index in [1.807, 2.05) is 26.8 Å². The van der Waals surface area contributed by atoms with Crippen molar-refractivity contribution in [2.75, 3.05) is 102 Å². The number of methoxy groups -OCH3 is 1.